The lowest BCUT2D eigenvalue weighted by Crippen LogP contribution is -2.42. The minimum Gasteiger partial charge on any atom is -0.389 e. The normalized spacial score (nSPS) is 17.4. The first-order valence-corrected chi connectivity index (χ1v) is 6.58. The molecule has 4 heteroatoms. The Bertz CT molecular complexity index is 334. The first kappa shape index (κ1) is 13.6. The van der Waals surface area contributed by atoms with E-state index >= 15 is 0 Å². The molecule has 16 heavy (non-hydrogen) atoms. The average Bonchev–Trinajstić information content (AvgIpc) is 2.61. The van der Waals surface area contributed by atoms with Crippen LogP contribution in [0.25, 0.3) is 0 Å². The maximum atomic E-state index is 10.1. The maximum absolute atomic E-state index is 10.1. The van der Waals surface area contributed by atoms with Crippen LogP contribution in [0.1, 0.15) is 44.4 Å². The number of nitrogens with zero attached hydrogens (tertiary/aromatic N) is 1. The zero-order chi connectivity index (χ0) is 12.3. The molecule has 92 valence electrons. The van der Waals surface area contributed by atoms with Gasteiger partial charge in [-0.15, -0.1) is 11.3 Å². The molecule has 0 radical (unpaired) electrons. The molecule has 2 atom stereocenters. The van der Waals surface area contributed by atoms with Crippen molar-refractivity contribution in [2.75, 3.05) is 6.54 Å². The molecule has 2 N–H and O–H groups in total. The van der Waals surface area contributed by atoms with E-state index in [0.717, 1.165) is 10.7 Å². The Hall–Kier alpha value is -0.450. The SMILES string of the molecule is Cc1csc(C(C)NCC(C)(O)C(C)C)n1. The molecule has 0 fully saturated rings. The summed E-state index contributed by atoms with van der Waals surface area (Å²) in [5, 5.41) is 16.6. The second kappa shape index (κ2) is 5.25. The Morgan fingerprint density at radius 2 is 2.12 bits per heavy atom. The van der Waals surface area contributed by atoms with Gasteiger partial charge in [-0.05, 0) is 26.7 Å². The minimum atomic E-state index is -0.666. The Balaban J connectivity index is 2.50. The summed E-state index contributed by atoms with van der Waals surface area (Å²) >= 11 is 1.66. The van der Waals surface area contributed by atoms with Crippen LogP contribution in [0, 0.1) is 12.8 Å². The van der Waals surface area contributed by atoms with E-state index in [4.69, 9.17) is 0 Å². The van der Waals surface area contributed by atoms with E-state index in [1.54, 1.807) is 11.3 Å². The van der Waals surface area contributed by atoms with Crippen LogP contribution in [0.2, 0.25) is 0 Å². The average molecular weight is 242 g/mol. The zero-order valence-corrected chi connectivity index (χ0v) is 11.6. The third-order valence-corrected chi connectivity index (χ3v) is 4.16. The van der Waals surface area contributed by atoms with Crippen molar-refractivity contribution in [3.8, 4) is 0 Å². The zero-order valence-electron chi connectivity index (χ0n) is 10.7. The molecule has 0 aromatic carbocycles. The van der Waals surface area contributed by atoms with Crippen molar-refractivity contribution in [2.45, 2.75) is 46.3 Å². The lowest BCUT2D eigenvalue weighted by molar-refractivity contribution is 0.0122. The first-order valence-electron chi connectivity index (χ1n) is 5.70. The van der Waals surface area contributed by atoms with E-state index in [2.05, 4.69) is 17.2 Å². The summed E-state index contributed by atoms with van der Waals surface area (Å²) < 4.78 is 0. The van der Waals surface area contributed by atoms with Crippen LogP contribution in [-0.4, -0.2) is 22.2 Å². The molecule has 0 bridgehead atoms. The molecule has 2 unspecified atom stereocenters. The largest absolute Gasteiger partial charge is 0.389 e. The number of nitrogens with one attached hydrogen (secondary N) is 1. The van der Waals surface area contributed by atoms with Gasteiger partial charge in [-0.1, -0.05) is 13.8 Å². The molecule has 0 saturated carbocycles. The highest BCUT2D eigenvalue weighted by Gasteiger charge is 2.25. The van der Waals surface area contributed by atoms with Crippen LogP contribution in [0.3, 0.4) is 0 Å². The lowest BCUT2D eigenvalue weighted by atomic mass is 9.92. The lowest BCUT2D eigenvalue weighted by Gasteiger charge is -2.29. The molecule has 1 heterocycles. The summed E-state index contributed by atoms with van der Waals surface area (Å²) in [6.45, 7) is 10.6. The molecule has 3 nitrogen and oxygen atoms in total. The van der Waals surface area contributed by atoms with Gasteiger partial charge in [-0.3, -0.25) is 0 Å². The van der Waals surface area contributed by atoms with Gasteiger partial charge in [0, 0.05) is 17.6 Å². The van der Waals surface area contributed by atoms with E-state index in [1.165, 1.54) is 0 Å². The third kappa shape index (κ3) is 3.54. The quantitative estimate of drug-likeness (QED) is 0.834. The Morgan fingerprint density at radius 1 is 1.50 bits per heavy atom. The summed E-state index contributed by atoms with van der Waals surface area (Å²) in [4.78, 5) is 4.43. The molecular formula is C12H22N2OS. The van der Waals surface area contributed by atoms with Crippen LogP contribution in [0.4, 0.5) is 0 Å². The van der Waals surface area contributed by atoms with Gasteiger partial charge in [0.25, 0.3) is 0 Å². The predicted molar refractivity (Wildman–Crippen MR) is 68.7 cm³/mol. The number of hydrogen-bond donors (Lipinski definition) is 2. The highest BCUT2D eigenvalue weighted by molar-refractivity contribution is 7.09. The number of hydrogen-bond acceptors (Lipinski definition) is 4. The van der Waals surface area contributed by atoms with Crippen molar-refractivity contribution in [3.63, 3.8) is 0 Å². The molecule has 0 spiro atoms. The molecule has 0 saturated heterocycles. The van der Waals surface area contributed by atoms with E-state index in [9.17, 15) is 5.11 Å². The smallest absolute Gasteiger partial charge is 0.110 e. The third-order valence-electron chi connectivity index (χ3n) is 3.02. The monoisotopic (exact) mass is 242 g/mol. The molecular weight excluding hydrogens is 220 g/mol. The Kier molecular flexibility index (Phi) is 4.47. The standard InChI is InChI=1S/C12H22N2OS/c1-8(2)12(5,15)7-13-10(4)11-14-9(3)6-16-11/h6,8,10,13,15H,7H2,1-5H3. The first-order chi connectivity index (χ1) is 7.33. The van der Waals surface area contributed by atoms with Gasteiger partial charge in [0.05, 0.1) is 11.6 Å². The predicted octanol–water partition coefficient (Wildman–Crippen LogP) is 2.51. The van der Waals surface area contributed by atoms with Crippen LogP contribution >= 0.6 is 11.3 Å². The summed E-state index contributed by atoms with van der Waals surface area (Å²) in [6, 6.07) is 0.198. The fourth-order valence-electron chi connectivity index (χ4n) is 1.22. The fourth-order valence-corrected chi connectivity index (χ4v) is 2.05. The summed E-state index contributed by atoms with van der Waals surface area (Å²) in [5.41, 5.74) is 0.393. The second-order valence-electron chi connectivity index (χ2n) is 4.94. The van der Waals surface area contributed by atoms with Gasteiger partial charge in [0.2, 0.25) is 0 Å². The van der Waals surface area contributed by atoms with E-state index in [0.29, 0.717) is 6.54 Å². The molecule has 0 aliphatic carbocycles. The summed E-state index contributed by atoms with van der Waals surface area (Å²) in [6.07, 6.45) is 0. The van der Waals surface area contributed by atoms with Gasteiger partial charge < -0.3 is 10.4 Å². The van der Waals surface area contributed by atoms with Gasteiger partial charge in [0.15, 0.2) is 0 Å². The molecule has 0 aliphatic rings. The van der Waals surface area contributed by atoms with Gasteiger partial charge in [-0.25, -0.2) is 4.98 Å². The van der Waals surface area contributed by atoms with Gasteiger partial charge in [0.1, 0.15) is 5.01 Å². The maximum Gasteiger partial charge on any atom is 0.110 e. The van der Waals surface area contributed by atoms with Crippen molar-refractivity contribution < 1.29 is 5.11 Å². The van der Waals surface area contributed by atoms with Crippen LogP contribution in [0.15, 0.2) is 5.38 Å². The molecule has 1 aromatic heterocycles. The van der Waals surface area contributed by atoms with Crippen molar-refractivity contribution in [2.24, 2.45) is 5.92 Å². The van der Waals surface area contributed by atoms with Crippen LogP contribution < -0.4 is 5.32 Å². The van der Waals surface area contributed by atoms with Crippen molar-refractivity contribution >= 4 is 11.3 Å². The molecule has 0 amide bonds. The number of aliphatic hydroxyl groups is 1. The van der Waals surface area contributed by atoms with E-state index < -0.39 is 5.60 Å². The number of rotatable bonds is 5. The highest BCUT2D eigenvalue weighted by Crippen LogP contribution is 2.20. The number of thiazole rings is 1. The second-order valence-corrected chi connectivity index (χ2v) is 5.83. The highest BCUT2D eigenvalue weighted by atomic mass is 32.1. The van der Waals surface area contributed by atoms with Crippen LogP contribution in [-0.2, 0) is 0 Å². The van der Waals surface area contributed by atoms with Gasteiger partial charge in [-0.2, -0.15) is 0 Å². The summed E-state index contributed by atoms with van der Waals surface area (Å²) in [7, 11) is 0. The van der Waals surface area contributed by atoms with E-state index in [1.807, 2.05) is 33.1 Å². The van der Waals surface area contributed by atoms with Crippen molar-refractivity contribution in [1.82, 2.24) is 10.3 Å². The van der Waals surface area contributed by atoms with Crippen molar-refractivity contribution in [3.05, 3.63) is 16.1 Å². The molecule has 1 aromatic rings. The Labute approximate surface area is 102 Å². The van der Waals surface area contributed by atoms with E-state index in [-0.39, 0.29) is 12.0 Å². The number of aryl methyl sites for hydroxylation is 1. The van der Waals surface area contributed by atoms with Crippen LogP contribution in [0.5, 0.6) is 0 Å². The Morgan fingerprint density at radius 3 is 2.56 bits per heavy atom. The van der Waals surface area contributed by atoms with Crippen molar-refractivity contribution in [1.29, 1.82) is 0 Å². The fraction of sp³-hybridized carbons (Fsp3) is 0.750. The topological polar surface area (TPSA) is 45.1 Å². The molecule has 0 aliphatic heterocycles. The number of aromatic nitrogens is 1. The summed E-state index contributed by atoms with van der Waals surface area (Å²) in [5.74, 6) is 0.241. The van der Waals surface area contributed by atoms with Gasteiger partial charge >= 0.3 is 0 Å². The minimum absolute atomic E-state index is 0.198. The molecule has 1 rings (SSSR count).